The summed E-state index contributed by atoms with van der Waals surface area (Å²) in [7, 11) is 26.1. The largest absolute Gasteiger partial charge is 1.00 e. The molecule has 0 saturated heterocycles. The number of hydrogen-bond donors (Lipinski definition) is 0. The lowest BCUT2D eigenvalue weighted by Crippen LogP contribution is -3.00. The van der Waals surface area contributed by atoms with E-state index in [0.29, 0.717) is 18.6 Å². The number of pyridine rings is 5. The van der Waals surface area contributed by atoms with Crippen LogP contribution in [0.4, 0.5) is 56.9 Å². The van der Waals surface area contributed by atoms with Gasteiger partial charge < -0.3 is 163 Å². The minimum absolute atomic E-state index is 0. The molecule has 10 heterocycles. The van der Waals surface area contributed by atoms with Crippen molar-refractivity contribution in [1.82, 2.24) is 0 Å². The lowest BCUT2D eigenvalue weighted by atomic mass is 9.92. The Kier molecular flexibility index (Phi) is 28.5. The Bertz CT molecular complexity index is 8420. The molecule has 0 spiro atoms. The standard InChI is InChI=1S/C25H23N2O2.C23H19N2O2.C22H18ClN2O.C22H19N2O.C21H15Cl2N2.5HI/c1-26-20-9-5-4-7-18(20)25-24-17(8-6-10-22(24)26)19-15-16(12-14-23(28)29-3)11-13-21(19)27(25)2;1-14(26)27-15-12-18-16-8-4-6-10-19(16)25(3)23-17-9-5-7-11-20(17)24(2)21(13-15)22(18)23;1-24-18-7-5-4-6-15(18)22-21-17(11-14(26-3)12-20(21)24)16-10-13(23)8-9-19(16)25(22)2;1-23-19-11-7-5-9-16(19)22-21-17(12-14(25-3)13-20(21)23)15-8-4-6-10-18(15)24(22)2;1-24-18-5-3-4-14-16-10-12(22)7-9-17(16)25(2)21(20(14)18)15-8-6-13(23)11-19(15)24;;;;;/h4-11,13,15H,12,14H2,1-3H3;4-13H,1-3H3;4-12H,1-3H3;4-13H,1-3H3;3-11H,1-2H3;5*1H/q5*+1;;;;;/p-5. The molecule has 0 radical (unpaired) electrons. The van der Waals surface area contributed by atoms with E-state index in [2.05, 4.69) is 360 Å². The number of methoxy groups -OCH3 is 3. The molecule has 0 amide bonds. The minimum atomic E-state index is -0.313. The number of anilines is 10. The highest BCUT2D eigenvalue weighted by molar-refractivity contribution is 6.33. The van der Waals surface area contributed by atoms with Gasteiger partial charge in [0.05, 0.1) is 160 Å². The Morgan fingerprint density at radius 2 is 0.569 bits per heavy atom. The highest BCUT2D eigenvalue weighted by atomic mass is 127. The molecule has 0 N–H and O–H groups in total. The summed E-state index contributed by atoms with van der Waals surface area (Å²) in [5.74, 6) is 1.82. The van der Waals surface area contributed by atoms with Gasteiger partial charge in [0.2, 0.25) is 56.1 Å². The maximum absolute atomic E-state index is 11.6. The maximum atomic E-state index is 11.6. The Morgan fingerprint density at radius 1 is 0.277 bits per heavy atom. The first kappa shape index (κ1) is 98.7. The van der Waals surface area contributed by atoms with Gasteiger partial charge in [0, 0.05) is 139 Å². The average molecular weight is 2430 g/mol. The summed E-state index contributed by atoms with van der Waals surface area (Å²) in [5, 5.41) is 20.3. The molecule has 0 atom stereocenters. The van der Waals surface area contributed by atoms with Gasteiger partial charge in [-0.05, 0) is 152 Å². The monoisotopic (exact) mass is 2430 g/mol. The smallest absolute Gasteiger partial charge is 0.308 e. The summed E-state index contributed by atoms with van der Waals surface area (Å²) in [4.78, 5) is 34.3. The molecule has 5 aromatic heterocycles. The summed E-state index contributed by atoms with van der Waals surface area (Å²) < 4.78 is 32.9. The van der Waals surface area contributed by atoms with Crippen molar-refractivity contribution in [3.05, 3.63) is 312 Å². The molecule has 0 bridgehead atoms. The van der Waals surface area contributed by atoms with E-state index in [1.807, 2.05) is 48.5 Å². The molecule has 137 heavy (non-hydrogen) atoms. The predicted octanol–water partition coefficient (Wildman–Crippen LogP) is 9.86. The van der Waals surface area contributed by atoms with Crippen LogP contribution in [0.25, 0.3) is 165 Å². The zero-order valence-corrected chi connectivity index (χ0v) is 90.6. The van der Waals surface area contributed by atoms with Crippen molar-refractivity contribution in [3.8, 4) is 73.5 Å². The van der Waals surface area contributed by atoms with Crippen LogP contribution < -0.4 is 181 Å². The molecule has 0 saturated carbocycles. The third-order valence-corrected chi connectivity index (χ3v) is 28.0. The molecule has 15 aromatic carbocycles. The van der Waals surface area contributed by atoms with Gasteiger partial charge in [-0.2, -0.15) is 22.8 Å². The Labute approximate surface area is 895 Å². The fourth-order valence-corrected chi connectivity index (χ4v) is 21.7. The molecule has 688 valence electrons. The number of carbonyl (C=O) groups is 2. The van der Waals surface area contributed by atoms with Gasteiger partial charge in [-0.3, -0.25) is 9.59 Å². The number of halogens is 8. The summed E-state index contributed by atoms with van der Waals surface area (Å²) in [6.45, 7) is 1.43. The second-order valence-electron chi connectivity index (χ2n) is 34.3. The molecule has 0 aliphatic carbocycles. The van der Waals surface area contributed by atoms with Gasteiger partial charge in [0.1, 0.15) is 52.5 Å². The van der Waals surface area contributed by atoms with Crippen molar-refractivity contribution in [1.29, 1.82) is 0 Å². The molecule has 24 heteroatoms. The fourth-order valence-electron chi connectivity index (χ4n) is 21.2. The lowest BCUT2D eigenvalue weighted by molar-refractivity contribution is -0.632. The Morgan fingerprint density at radius 3 is 0.971 bits per heavy atom. The highest BCUT2D eigenvalue weighted by Crippen LogP contribution is 2.55. The number of hydrogen-bond acceptors (Lipinski definition) is 11. The van der Waals surface area contributed by atoms with Crippen LogP contribution in [-0.2, 0) is 56.0 Å². The highest BCUT2D eigenvalue weighted by Gasteiger charge is 2.39. The van der Waals surface area contributed by atoms with Crippen LogP contribution in [0.5, 0.6) is 17.2 Å². The van der Waals surface area contributed by atoms with Gasteiger partial charge >= 0.3 is 11.9 Å². The number of nitrogens with zero attached hydrogens (tertiary/aromatic N) is 10. The van der Waals surface area contributed by atoms with Crippen molar-refractivity contribution in [3.63, 3.8) is 0 Å². The molecule has 5 aliphatic heterocycles. The molecule has 16 nitrogen and oxygen atoms in total. The lowest BCUT2D eigenvalue weighted by Gasteiger charge is -2.29. The molecule has 20 aromatic rings. The predicted molar refractivity (Wildman–Crippen MR) is 540 cm³/mol. The third kappa shape index (κ3) is 16.5. The first-order chi connectivity index (χ1) is 64.0. The SMILES string of the molecule is CC(=O)Oc1cc2c3c([n+](C)c4ccccc4c3c1)-c1ccccc1N2C.CN1c2cc(Cl)ccc2-c2c3c1cccc3c1cc(Cl)ccc1[n+]2C.COC(=O)CCc1ccc2c(c1)c1cccc3c1c([n+]2C)-c1ccccc1N3C.COc1cc2c3c([n+](C)c4ccc(Cl)cc4c3c1)-c1ccccc1N2C.COc1cc2c3c([n+](C)c4ccccc4c3c1)-c1ccccc1N2C.[I-].[I-].[I-].[I-].[I-]. The van der Waals surface area contributed by atoms with E-state index in [9.17, 15) is 9.59 Å². The number of ether oxygens (including phenoxy) is 4. The van der Waals surface area contributed by atoms with Crippen molar-refractivity contribution in [2.45, 2.75) is 19.8 Å². The van der Waals surface area contributed by atoms with E-state index < -0.39 is 0 Å². The number of aromatic nitrogens is 5. The number of aryl methyl sites for hydroxylation is 6. The summed E-state index contributed by atoms with van der Waals surface area (Å²) in [5.41, 5.74) is 30.9. The molecular weight excluding hydrogens is 2330 g/mol. The molecule has 25 rings (SSSR count). The summed E-state index contributed by atoms with van der Waals surface area (Å²) >= 11 is 18.9. The molecule has 0 unspecified atom stereocenters. The van der Waals surface area contributed by atoms with E-state index in [-0.39, 0.29) is 132 Å². The first-order valence-electron chi connectivity index (χ1n) is 44.0. The van der Waals surface area contributed by atoms with E-state index >= 15 is 0 Å². The van der Waals surface area contributed by atoms with Crippen LogP contribution >= 0.6 is 34.8 Å². The van der Waals surface area contributed by atoms with Gasteiger partial charge in [0.15, 0.2) is 0 Å². The number of carbonyl (C=O) groups excluding carboxylic acids is 2. The first-order valence-corrected chi connectivity index (χ1v) is 45.1. The zero-order chi connectivity index (χ0) is 91.2. The van der Waals surface area contributed by atoms with Crippen LogP contribution in [-0.4, -0.2) is 68.5 Å². The average Bonchev–Trinajstić information content (AvgIpc) is 0.741. The second-order valence-corrected chi connectivity index (χ2v) is 35.7. The third-order valence-electron chi connectivity index (χ3n) is 27.3. The van der Waals surface area contributed by atoms with Crippen LogP contribution in [0.3, 0.4) is 0 Å². The van der Waals surface area contributed by atoms with E-state index in [1.165, 1.54) is 175 Å². The topological polar surface area (TPSA) is 107 Å². The summed E-state index contributed by atoms with van der Waals surface area (Å²) in [6, 6.07) is 101. The quantitative estimate of drug-likeness (QED) is 0.0523. The summed E-state index contributed by atoms with van der Waals surface area (Å²) in [6.07, 6.45) is 1.07. The Balaban J connectivity index is 0.000000123. The molecule has 5 aliphatic rings. The number of para-hydroxylation sites is 6. The molecule has 0 fully saturated rings. The van der Waals surface area contributed by atoms with Gasteiger partial charge in [-0.15, -0.1) is 0 Å². The van der Waals surface area contributed by atoms with Crippen molar-refractivity contribution in [2.24, 2.45) is 35.2 Å². The number of benzene rings is 15. The zero-order valence-electron chi connectivity index (χ0n) is 77.6. The second kappa shape index (κ2) is 39.5. The van der Waals surface area contributed by atoms with E-state index in [0.717, 1.165) is 93.0 Å². The van der Waals surface area contributed by atoms with Crippen LogP contribution in [0.1, 0.15) is 18.9 Å². The van der Waals surface area contributed by atoms with Gasteiger partial charge in [-0.25, -0.2) is 0 Å². The van der Waals surface area contributed by atoms with Crippen molar-refractivity contribution < 1.29 is 171 Å². The van der Waals surface area contributed by atoms with Crippen molar-refractivity contribution >= 4 is 212 Å². The number of esters is 2. The number of fused-ring (bicyclic) bond motifs is 20. The van der Waals surface area contributed by atoms with E-state index in [4.69, 9.17) is 53.8 Å². The van der Waals surface area contributed by atoms with Gasteiger partial charge in [0.25, 0.3) is 0 Å². The van der Waals surface area contributed by atoms with Crippen LogP contribution in [0.2, 0.25) is 15.1 Å². The number of rotatable bonds is 6. The van der Waals surface area contributed by atoms with Gasteiger partial charge in [-0.1, -0.05) is 138 Å². The Hall–Kier alpha value is -11.3. The molecular formula is C113H94Cl3I5N10O6. The van der Waals surface area contributed by atoms with E-state index in [1.54, 1.807) is 14.2 Å². The van der Waals surface area contributed by atoms with Crippen LogP contribution in [0.15, 0.2) is 291 Å². The van der Waals surface area contributed by atoms with Crippen LogP contribution in [0, 0.1) is 0 Å². The normalized spacial score (nSPS) is 12.0. The maximum Gasteiger partial charge on any atom is 0.308 e. The minimum Gasteiger partial charge on any atom is -1.00 e. The fraction of sp³-hybridized carbons (Fsp3) is 0.142. The van der Waals surface area contributed by atoms with Crippen molar-refractivity contribution in [2.75, 3.05) is 81.1 Å².